The van der Waals surface area contributed by atoms with Crippen molar-refractivity contribution in [1.82, 2.24) is 4.31 Å². The van der Waals surface area contributed by atoms with Crippen LogP contribution in [0, 0.1) is 12.8 Å². The summed E-state index contributed by atoms with van der Waals surface area (Å²) < 4.78 is 33.1. The molecule has 1 saturated carbocycles. The number of sulfonamides is 1. The maximum Gasteiger partial charge on any atom is 0.243 e. The predicted octanol–water partition coefficient (Wildman–Crippen LogP) is 1.55. The monoisotopic (exact) mass is 325 g/mol. The SMILES string of the molecule is Cc1cccc(S(=O)(=O)N2CCOCC2C2CCCC2O)c1. The van der Waals surface area contributed by atoms with Crippen molar-refractivity contribution in [3.63, 3.8) is 0 Å². The minimum atomic E-state index is -3.55. The first-order valence-electron chi connectivity index (χ1n) is 7.84. The van der Waals surface area contributed by atoms with Gasteiger partial charge in [-0.25, -0.2) is 8.42 Å². The largest absolute Gasteiger partial charge is 0.393 e. The van der Waals surface area contributed by atoms with Crippen molar-refractivity contribution >= 4 is 10.0 Å². The van der Waals surface area contributed by atoms with E-state index in [1.54, 1.807) is 22.5 Å². The van der Waals surface area contributed by atoms with E-state index in [4.69, 9.17) is 4.74 Å². The number of nitrogens with zero attached hydrogens (tertiary/aromatic N) is 1. The zero-order chi connectivity index (χ0) is 15.7. The Morgan fingerprint density at radius 3 is 2.82 bits per heavy atom. The van der Waals surface area contributed by atoms with Crippen molar-refractivity contribution in [3.8, 4) is 0 Å². The number of ether oxygens (including phenoxy) is 1. The third kappa shape index (κ3) is 2.93. The molecule has 2 aliphatic rings. The molecule has 1 aliphatic carbocycles. The Morgan fingerprint density at radius 1 is 1.32 bits per heavy atom. The van der Waals surface area contributed by atoms with Crippen molar-refractivity contribution in [1.29, 1.82) is 0 Å². The number of benzene rings is 1. The van der Waals surface area contributed by atoms with Crippen LogP contribution in [0.3, 0.4) is 0 Å². The van der Waals surface area contributed by atoms with Gasteiger partial charge in [0.2, 0.25) is 10.0 Å². The van der Waals surface area contributed by atoms with Crippen molar-refractivity contribution in [2.75, 3.05) is 19.8 Å². The quantitative estimate of drug-likeness (QED) is 0.915. The lowest BCUT2D eigenvalue weighted by Gasteiger charge is -2.39. The summed E-state index contributed by atoms with van der Waals surface area (Å²) in [5, 5.41) is 10.2. The van der Waals surface area contributed by atoms with E-state index >= 15 is 0 Å². The molecule has 6 heteroatoms. The number of aliphatic hydroxyl groups is 1. The molecule has 1 aromatic rings. The van der Waals surface area contributed by atoms with Crippen LogP contribution in [-0.2, 0) is 14.8 Å². The summed E-state index contributed by atoms with van der Waals surface area (Å²) >= 11 is 0. The first kappa shape index (κ1) is 15.9. The average molecular weight is 325 g/mol. The van der Waals surface area contributed by atoms with Gasteiger partial charge in [-0.3, -0.25) is 0 Å². The zero-order valence-electron chi connectivity index (χ0n) is 12.8. The molecular weight excluding hydrogens is 302 g/mol. The lowest BCUT2D eigenvalue weighted by atomic mass is 9.96. The van der Waals surface area contributed by atoms with Crippen LogP contribution in [0.25, 0.3) is 0 Å². The van der Waals surface area contributed by atoms with E-state index in [0.29, 0.717) is 24.7 Å². The first-order valence-corrected chi connectivity index (χ1v) is 9.28. The van der Waals surface area contributed by atoms with Crippen LogP contribution >= 0.6 is 0 Å². The molecule has 1 heterocycles. The van der Waals surface area contributed by atoms with Crippen LogP contribution in [0.4, 0.5) is 0 Å². The third-order valence-corrected chi connectivity index (χ3v) is 6.66. The van der Waals surface area contributed by atoms with Crippen molar-refractivity contribution in [3.05, 3.63) is 29.8 Å². The number of aryl methyl sites for hydroxylation is 1. The van der Waals surface area contributed by atoms with E-state index < -0.39 is 16.1 Å². The molecule has 3 rings (SSSR count). The molecule has 1 aliphatic heterocycles. The number of morpholine rings is 1. The van der Waals surface area contributed by atoms with Crippen molar-refractivity contribution in [2.24, 2.45) is 5.92 Å². The van der Waals surface area contributed by atoms with Gasteiger partial charge in [-0.2, -0.15) is 4.31 Å². The Kier molecular flexibility index (Phi) is 4.54. The second-order valence-electron chi connectivity index (χ2n) is 6.24. The Morgan fingerprint density at radius 2 is 2.14 bits per heavy atom. The summed E-state index contributed by atoms with van der Waals surface area (Å²) in [4.78, 5) is 0.326. The smallest absolute Gasteiger partial charge is 0.243 e. The van der Waals surface area contributed by atoms with Gasteiger partial charge in [-0.1, -0.05) is 18.6 Å². The fourth-order valence-corrected chi connectivity index (χ4v) is 5.32. The summed E-state index contributed by atoms with van der Waals surface area (Å²) in [6.07, 6.45) is 2.12. The summed E-state index contributed by atoms with van der Waals surface area (Å²) in [5.41, 5.74) is 0.923. The van der Waals surface area contributed by atoms with Crippen molar-refractivity contribution in [2.45, 2.75) is 43.2 Å². The van der Waals surface area contributed by atoms with E-state index in [0.717, 1.165) is 24.8 Å². The first-order chi connectivity index (χ1) is 10.5. The normalized spacial score (nSPS) is 30.5. The second-order valence-corrected chi connectivity index (χ2v) is 8.13. The van der Waals surface area contributed by atoms with Gasteiger partial charge in [0.1, 0.15) is 0 Å². The van der Waals surface area contributed by atoms with Crippen LogP contribution < -0.4 is 0 Å². The molecule has 3 atom stereocenters. The summed E-state index contributed by atoms with van der Waals surface area (Å²) in [5.74, 6) is -0.0279. The highest BCUT2D eigenvalue weighted by molar-refractivity contribution is 7.89. The molecule has 1 N–H and O–H groups in total. The van der Waals surface area contributed by atoms with E-state index in [-0.39, 0.29) is 12.0 Å². The number of hydrogen-bond acceptors (Lipinski definition) is 4. The topological polar surface area (TPSA) is 66.8 Å². The standard InChI is InChI=1S/C16H23NO4S/c1-12-4-2-5-13(10-12)22(19,20)17-8-9-21-11-15(17)14-6-3-7-16(14)18/h2,4-5,10,14-16,18H,3,6-9,11H2,1H3. The minimum Gasteiger partial charge on any atom is -0.393 e. The maximum atomic E-state index is 13.0. The van der Waals surface area contributed by atoms with Gasteiger partial charge in [-0.15, -0.1) is 0 Å². The van der Waals surface area contributed by atoms with Crippen LogP contribution in [0.1, 0.15) is 24.8 Å². The Bertz CT molecular complexity index is 631. The molecule has 2 fully saturated rings. The second kappa shape index (κ2) is 6.28. The van der Waals surface area contributed by atoms with Crippen LogP contribution in [-0.4, -0.2) is 49.7 Å². The summed E-state index contributed by atoms with van der Waals surface area (Å²) in [6, 6.07) is 6.72. The molecule has 22 heavy (non-hydrogen) atoms. The molecule has 0 aromatic heterocycles. The molecule has 0 bridgehead atoms. The lowest BCUT2D eigenvalue weighted by Crippen LogP contribution is -2.53. The zero-order valence-corrected chi connectivity index (χ0v) is 13.6. The molecule has 122 valence electrons. The molecule has 1 aromatic carbocycles. The Labute approximate surface area is 131 Å². The molecule has 5 nitrogen and oxygen atoms in total. The van der Waals surface area contributed by atoms with Gasteiger partial charge in [0, 0.05) is 12.5 Å². The van der Waals surface area contributed by atoms with Gasteiger partial charge in [0.15, 0.2) is 0 Å². The average Bonchev–Trinajstić information content (AvgIpc) is 2.93. The van der Waals surface area contributed by atoms with E-state index in [2.05, 4.69) is 0 Å². The fraction of sp³-hybridized carbons (Fsp3) is 0.625. The predicted molar refractivity (Wildman–Crippen MR) is 83.0 cm³/mol. The highest BCUT2D eigenvalue weighted by Gasteiger charge is 2.42. The van der Waals surface area contributed by atoms with Gasteiger partial charge >= 0.3 is 0 Å². The van der Waals surface area contributed by atoms with Crippen molar-refractivity contribution < 1.29 is 18.3 Å². The van der Waals surface area contributed by atoms with Crippen LogP contribution in [0.15, 0.2) is 29.2 Å². The molecule has 3 unspecified atom stereocenters. The number of hydrogen-bond donors (Lipinski definition) is 1. The Balaban J connectivity index is 1.92. The summed E-state index contributed by atoms with van der Waals surface area (Å²) in [6.45, 7) is 3.01. The van der Waals surface area contributed by atoms with Crippen LogP contribution in [0.5, 0.6) is 0 Å². The van der Waals surface area contributed by atoms with Gasteiger partial charge in [0.05, 0.1) is 30.3 Å². The van der Waals surface area contributed by atoms with Gasteiger partial charge in [0.25, 0.3) is 0 Å². The molecular formula is C16H23NO4S. The molecule has 0 amide bonds. The molecule has 0 radical (unpaired) electrons. The highest BCUT2D eigenvalue weighted by atomic mass is 32.2. The molecule has 1 saturated heterocycles. The summed E-state index contributed by atoms with van der Waals surface area (Å²) in [7, 11) is -3.55. The van der Waals surface area contributed by atoms with Crippen LogP contribution in [0.2, 0.25) is 0 Å². The highest BCUT2D eigenvalue weighted by Crippen LogP contribution is 2.34. The van der Waals surface area contributed by atoms with E-state index in [1.165, 1.54) is 0 Å². The minimum absolute atomic E-state index is 0.0279. The third-order valence-electron chi connectivity index (χ3n) is 4.74. The maximum absolute atomic E-state index is 13.0. The van der Waals surface area contributed by atoms with Gasteiger partial charge < -0.3 is 9.84 Å². The van der Waals surface area contributed by atoms with Gasteiger partial charge in [-0.05, 0) is 37.5 Å². The van der Waals surface area contributed by atoms with E-state index in [9.17, 15) is 13.5 Å². The fourth-order valence-electron chi connectivity index (χ4n) is 3.57. The number of aliphatic hydroxyl groups excluding tert-OH is 1. The van der Waals surface area contributed by atoms with E-state index in [1.807, 2.05) is 13.0 Å². The Hall–Kier alpha value is -0.950. The lowest BCUT2D eigenvalue weighted by molar-refractivity contribution is -0.0148. The number of rotatable bonds is 3. The molecule has 0 spiro atoms.